The predicted molar refractivity (Wildman–Crippen MR) is 96.7 cm³/mol. The first-order chi connectivity index (χ1) is 13.1. The molecule has 158 valence electrons. The highest BCUT2D eigenvalue weighted by atomic mass is 35.5. The highest BCUT2D eigenvalue weighted by molar-refractivity contribution is 7.57. The van der Waals surface area contributed by atoms with Crippen molar-refractivity contribution in [3.63, 3.8) is 0 Å². The molecule has 0 saturated heterocycles. The van der Waals surface area contributed by atoms with E-state index in [0.29, 0.717) is 12.1 Å². The van der Waals surface area contributed by atoms with E-state index in [9.17, 15) is 27.9 Å². The van der Waals surface area contributed by atoms with Crippen molar-refractivity contribution in [2.45, 2.75) is 10.4 Å². The topological polar surface area (TPSA) is 119 Å². The van der Waals surface area contributed by atoms with Crippen LogP contribution in [0.25, 0.3) is 0 Å². The molecule has 0 amide bonds. The van der Waals surface area contributed by atoms with Crippen LogP contribution in [0.3, 0.4) is 0 Å². The maximum Gasteiger partial charge on any atom is 0.416 e. The maximum atomic E-state index is 12.7. The Balaban J connectivity index is 2.41. The SMILES string of the molecule is O=[N+]([O-])c1ccc(Oc2ccc(C(F)(F)F)cc2Cl)cc1OC(Cl)(Cl)P(=O)(O)O. The van der Waals surface area contributed by atoms with E-state index < -0.39 is 45.0 Å². The quantitative estimate of drug-likeness (QED) is 0.228. The van der Waals surface area contributed by atoms with Gasteiger partial charge >= 0.3 is 23.7 Å². The highest BCUT2D eigenvalue weighted by Crippen LogP contribution is 2.57. The summed E-state index contributed by atoms with van der Waals surface area (Å²) >= 11 is 16.6. The maximum absolute atomic E-state index is 12.7. The minimum absolute atomic E-state index is 0.234. The van der Waals surface area contributed by atoms with E-state index in [1.54, 1.807) is 0 Å². The second kappa shape index (κ2) is 8.17. The molecule has 0 atom stereocenters. The third kappa shape index (κ3) is 5.65. The van der Waals surface area contributed by atoms with Gasteiger partial charge in [-0.25, -0.2) is 0 Å². The van der Waals surface area contributed by atoms with E-state index in [1.165, 1.54) is 0 Å². The molecule has 2 aromatic rings. The zero-order valence-corrected chi connectivity index (χ0v) is 16.7. The Kier molecular flexibility index (Phi) is 6.63. The Morgan fingerprint density at radius 2 is 1.69 bits per heavy atom. The van der Waals surface area contributed by atoms with Crippen LogP contribution >= 0.6 is 42.4 Å². The van der Waals surface area contributed by atoms with Crippen molar-refractivity contribution < 1.29 is 41.9 Å². The van der Waals surface area contributed by atoms with Crippen LogP contribution in [0.15, 0.2) is 36.4 Å². The summed E-state index contributed by atoms with van der Waals surface area (Å²) in [6.07, 6.45) is -4.64. The minimum Gasteiger partial charge on any atom is -0.456 e. The van der Waals surface area contributed by atoms with Crippen molar-refractivity contribution in [1.82, 2.24) is 0 Å². The Morgan fingerprint density at radius 1 is 1.07 bits per heavy atom. The molecule has 0 saturated carbocycles. The fourth-order valence-corrected chi connectivity index (χ4v) is 2.47. The minimum atomic E-state index is -5.28. The number of nitro benzene ring substituents is 1. The van der Waals surface area contributed by atoms with Gasteiger partial charge in [0.2, 0.25) is 5.75 Å². The normalized spacial score (nSPS) is 12.6. The van der Waals surface area contributed by atoms with Gasteiger partial charge in [-0.3, -0.25) is 14.7 Å². The van der Waals surface area contributed by atoms with E-state index in [4.69, 9.17) is 54.1 Å². The van der Waals surface area contributed by atoms with Gasteiger partial charge in [0.1, 0.15) is 11.5 Å². The van der Waals surface area contributed by atoms with E-state index in [0.717, 1.165) is 24.3 Å². The molecule has 2 rings (SSSR count). The van der Waals surface area contributed by atoms with E-state index in [2.05, 4.69) is 0 Å². The van der Waals surface area contributed by atoms with Gasteiger partial charge in [-0.1, -0.05) is 11.6 Å². The lowest BCUT2D eigenvalue weighted by atomic mass is 10.2. The van der Waals surface area contributed by atoms with Crippen LogP contribution in [0.1, 0.15) is 5.56 Å². The summed E-state index contributed by atoms with van der Waals surface area (Å²) < 4.78 is 56.1. The molecule has 0 aliphatic rings. The molecule has 0 aliphatic carbocycles. The van der Waals surface area contributed by atoms with Crippen molar-refractivity contribution in [3.8, 4) is 17.2 Å². The van der Waals surface area contributed by atoms with Gasteiger partial charge in [-0.2, -0.15) is 13.2 Å². The third-order valence-corrected chi connectivity index (χ3v) is 5.73. The van der Waals surface area contributed by atoms with Crippen molar-refractivity contribution in [2.24, 2.45) is 0 Å². The second-order valence-electron chi connectivity index (χ2n) is 5.26. The molecule has 2 aromatic carbocycles. The number of benzene rings is 2. The number of hydrogen-bond donors (Lipinski definition) is 2. The Hall–Kier alpha value is -1.75. The molecule has 29 heavy (non-hydrogen) atoms. The molecule has 0 unspecified atom stereocenters. The third-order valence-electron chi connectivity index (χ3n) is 3.19. The van der Waals surface area contributed by atoms with Gasteiger partial charge in [0.05, 0.1) is 15.5 Å². The van der Waals surface area contributed by atoms with Gasteiger partial charge in [-0.15, -0.1) is 0 Å². The van der Waals surface area contributed by atoms with Crippen LogP contribution in [0, 0.1) is 10.1 Å². The molecule has 0 heterocycles. The van der Waals surface area contributed by atoms with Crippen molar-refractivity contribution in [2.75, 3.05) is 0 Å². The number of halogens is 6. The number of nitrogens with zero attached hydrogens (tertiary/aromatic N) is 1. The highest BCUT2D eigenvalue weighted by Gasteiger charge is 2.48. The molecule has 0 fully saturated rings. The molecular weight excluding hydrogens is 488 g/mol. The van der Waals surface area contributed by atoms with Crippen LogP contribution in [-0.2, 0) is 10.7 Å². The van der Waals surface area contributed by atoms with Crippen LogP contribution < -0.4 is 9.47 Å². The van der Waals surface area contributed by atoms with Crippen LogP contribution in [0.5, 0.6) is 17.2 Å². The Bertz CT molecular complexity index is 997. The van der Waals surface area contributed by atoms with E-state index >= 15 is 0 Å². The van der Waals surface area contributed by atoms with Crippen molar-refractivity contribution >= 4 is 48.1 Å². The van der Waals surface area contributed by atoms with Crippen LogP contribution in [0.4, 0.5) is 18.9 Å². The summed E-state index contributed by atoms with van der Waals surface area (Å²) in [5, 5.41) is 10.7. The fourth-order valence-electron chi connectivity index (χ4n) is 1.87. The first kappa shape index (κ1) is 23.5. The summed E-state index contributed by atoms with van der Waals surface area (Å²) in [5.41, 5.74) is -1.80. The lowest BCUT2D eigenvalue weighted by Gasteiger charge is -2.22. The second-order valence-corrected chi connectivity index (χ2v) is 9.17. The van der Waals surface area contributed by atoms with Crippen LogP contribution in [0.2, 0.25) is 5.02 Å². The van der Waals surface area contributed by atoms with Crippen molar-refractivity contribution in [1.29, 1.82) is 0 Å². The first-order valence-corrected chi connectivity index (χ1v) is 9.82. The Labute approximate surface area is 175 Å². The molecule has 0 spiro atoms. The van der Waals surface area contributed by atoms with E-state index in [-0.39, 0.29) is 11.5 Å². The van der Waals surface area contributed by atoms with Gasteiger partial charge in [0, 0.05) is 12.1 Å². The smallest absolute Gasteiger partial charge is 0.416 e. The predicted octanol–water partition coefficient (Wildman–Crippen LogP) is 5.70. The molecule has 0 aromatic heterocycles. The molecule has 15 heteroatoms. The molecule has 2 N–H and O–H groups in total. The fraction of sp³-hybridized carbons (Fsp3) is 0.143. The zero-order chi connectivity index (χ0) is 22.2. The summed E-state index contributed by atoms with van der Waals surface area (Å²) in [7, 11) is -5.28. The summed E-state index contributed by atoms with van der Waals surface area (Å²) in [4.78, 5) is 28.3. The number of rotatable bonds is 6. The average Bonchev–Trinajstić information content (AvgIpc) is 2.54. The summed E-state index contributed by atoms with van der Waals surface area (Å²) in [6, 6.07) is 4.90. The lowest BCUT2D eigenvalue weighted by molar-refractivity contribution is -0.386. The van der Waals surface area contributed by atoms with E-state index in [1.807, 2.05) is 0 Å². The van der Waals surface area contributed by atoms with Gasteiger partial charge < -0.3 is 19.3 Å². The molecule has 8 nitrogen and oxygen atoms in total. The molecule has 0 radical (unpaired) electrons. The standard InChI is InChI=1S/C14H8Cl3F3NO7P/c15-9-5-7(13(18,19)20)1-4-11(9)27-8-2-3-10(21(22)23)12(6-8)28-14(16,17)29(24,25)26/h1-6H,(H2,24,25,26). The summed E-state index contributed by atoms with van der Waals surface area (Å²) in [5.74, 6) is -1.25. The van der Waals surface area contributed by atoms with Gasteiger partial charge in [-0.05, 0) is 47.5 Å². The lowest BCUT2D eigenvalue weighted by Crippen LogP contribution is -2.22. The number of nitro groups is 1. The van der Waals surface area contributed by atoms with Gasteiger partial charge in [0.15, 0.2) is 0 Å². The molecule has 0 bridgehead atoms. The Morgan fingerprint density at radius 3 is 2.17 bits per heavy atom. The molecule has 0 aliphatic heterocycles. The van der Waals surface area contributed by atoms with Gasteiger partial charge in [0.25, 0.3) is 0 Å². The number of hydrogen-bond acceptors (Lipinski definition) is 5. The largest absolute Gasteiger partial charge is 0.456 e. The van der Waals surface area contributed by atoms with Crippen LogP contribution in [-0.4, -0.2) is 19.0 Å². The zero-order valence-electron chi connectivity index (χ0n) is 13.6. The first-order valence-electron chi connectivity index (χ1n) is 7.07. The summed E-state index contributed by atoms with van der Waals surface area (Å²) in [6.45, 7) is 0. The monoisotopic (exact) mass is 495 g/mol. The number of ether oxygens (including phenoxy) is 2. The number of alkyl halides is 5. The molecular formula is C14H8Cl3F3NO7P. The van der Waals surface area contributed by atoms with Crippen molar-refractivity contribution in [3.05, 3.63) is 57.1 Å². The average molecular weight is 497 g/mol.